The van der Waals surface area contributed by atoms with Crippen molar-refractivity contribution in [1.82, 2.24) is 0 Å². The third-order valence-electron chi connectivity index (χ3n) is 1.84. The van der Waals surface area contributed by atoms with Crippen LogP contribution >= 0.6 is 0 Å². The van der Waals surface area contributed by atoms with Gasteiger partial charge in [-0.15, -0.1) is 0 Å². The molecule has 1 aromatic carbocycles. The second-order valence-corrected chi connectivity index (χ2v) is 2.98. The minimum atomic E-state index is -5.49. The molecule has 92 valence electrons. The number of hydrogen-bond donors (Lipinski definition) is 1. The fourth-order valence-corrected chi connectivity index (χ4v) is 1.10. The third-order valence-corrected chi connectivity index (χ3v) is 1.84. The fraction of sp³-hybridized carbons (Fsp3) is 0.100. The number of halogens is 5. The minimum Gasteiger partial charge on any atom is -0.478 e. The standard InChI is InChI=1S/C10H5F5O2/c11-7(8(12)10(13,14)15)5-3-1-2-4-6(5)9(16)17/h1-4H,(H,16,17)/b8-7-. The van der Waals surface area contributed by atoms with Crippen LogP contribution in [0.15, 0.2) is 30.1 Å². The molecule has 0 heterocycles. The van der Waals surface area contributed by atoms with Crippen LogP contribution in [0, 0.1) is 0 Å². The summed E-state index contributed by atoms with van der Waals surface area (Å²) in [6, 6.07) is 3.92. The van der Waals surface area contributed by atoms with Crippen LogP contribution in [0.4, 0.5) is 22.0 Å². The van der Waals surface area contributed by atoms with Crippen LogP contribution in [0.2, 0.25) is 0 Å². The normalized spacial score (nSPS) is 13.2. The summed E-state index contributed by atoms with van der Waals surface area (Å²) in [4.78, 5) is 10.6. The van der Waals surface area contributed by atoms with E-state index in [9.17, 15) is 26.7 Å². The Balaban J connectivity index is 3.40. The summed E-state index contributed by atoms with van der Waals surface area (Å²) in [5.41, 5.74) is -1.70. The Morgan fingerprint density at radius 1 is 1.06 bits per heavy atom. The summed E-state index contributed by atoms with van der Waals surface area (Å²) in [6.45, 7) is 0. The molecule has 17 heavy (non-hydrogen) atoms. The van der Waals surface area contributed by atoms with E-state index in [1.807, 2.05) is 0 Å². The van der Waals surface area contributed by atoms with Crippen molar-refractivity contribution in [2.24, 2.45) is 0 Å². The van der Waals surface area contributed by atoms with Crippen LogP contribution in [-0.4, -0.2) is 17.3 Å². The van der Waals surface area contributed by atoms with E-state index in [4.69, 9.17) is 5.11 Å². The fourth-order valence-electron chi connectivity index (χ4n) is 1.10. The maximum atomic E-state index is 13.2. The Bertz CT molecular complexity index is 476. The summed E-state index contributed by atoms with van der Waals surface area (Å²) in [5, 5.41) is 8.61. The van der Waals surface area contributed by atoms with Gasteiger partial charge in [0.1, 0.15) is 0 Å². The molecular weight excluding hydrogens is 247 g/mol. The highest BCUT2D eigenvalue weighted by atomic mass is 19.4. The van der Waals surface area contributed by atoms with Crippen molar-refractivity contribution in [3.63, 3.8) is 0 Å². The van der Waals surface area contributed by atoms with Gasteiger partial charge in [-0.05, 0) is 6.07 Å². The van der Waals surface area contributed by atoms with E-state index in [0.717, 1.165) is 18.2 Å². The Kier molecular flexibility index (Phi) is 3.50. The number of rotatable bonds is 2. The molecule has 0 aliphatic heterocycles. The molecule has 0 saturated carbocycles. The lowest BCUT2D eigenvalue weighted by Crippen LogP contribution is -2.10. The predicted molar refractivity (Wildman–Crippen MR) is 48.6 cm³/mol. The number of carboxylic acid groups (broad SMARTS) is 1. The molecule has 2 nitrogen and oxygen atoms in total. The predicted octanol–water partition coefficient (Wildman–Crippen LogP) is 3.55. The second-order valence-electron chi connectivity index (χ2n) is 2.98. The van der Waals surface area contributed by atoms with Gasteiger partial charge in [0.2, 0.25) is 5.83 Å². The molecule has 0 bridgehead atoms. The highest BCUT2D eigenvalue weighted by molar-refractivity contribution is 5.93. The van der Waals surface area contributed by atoms with Crippen molar-refractivity contribution in [2.45, 2.75) is 6.18 Å². The van der Waals surface area contributed by atoms with Crippen LogP contribution in [-0.2, 0) is 0 Å². The van der Waals surface area contributed by atoms with Crippen molar-refractivity contribution in [3.05, 3.63) is 41.2 Å². The van der Waals surface area contributed by atoms with Crippen molar-refractivity contribution in [1.29, 1.82) is 0 Å². The van der Waals surface area contributed by atoms with Gasteiger partial charge in [0.25, 0.3) is 0 Å². The van der Waals surface area contributed by atoms with Gasteiger partial charge in [-0.25, -0.2) is 9.18 Å². The van der Waals surface area contributed by atoms with Gasteiger partial charge in [-0.3, -0.25) is 0 Å². The van der Waals surface area contributed by atoms with Crippen LogP contribution in [0.5, 0.6) is 0 Å². The lowest BCUT2D eigenvalue weighted by Gasteiger charge is -2.07. The molecule has 0 aromatic heterocycles. The maximum absolute atomic E-state index is 13.2. The quantitative estimate of drug-likeness (QED) is 0.817. The van der Waals surface area contributed by atoms with Gasteiger partial charge >= 0.3 is 12.1 Å². The zero-order valence-corrected chi connectivity index (χ0v) is 8.05. The van der Waals surface area contributed by atoms with Crippen molar-refractivity contribution >= 4 is 11.8 Å². The molecule has 1 N–H and O–H groups in total. The zero-order valence-electron chi connectivity index (χ0n) is 8.05. The first-order valence-electron chi connectivity index (χ1n) is 4.20. The van der Waals surface area contributed by atoms with Crippen molar-refractivity contribution in [2.75, 3.05) is 0 Å². The lowest BCUT2D eigenvalue weighted by atomic mass is 10.1. The van der Waals surface area contributed by atoms with Crippen LogP contribution < -0.4 is 0 Å². The summed E-state index contributed by atoms with van der Waals surface area (Å²) in [6.07, 6.45) is -5.49. The van der Waals surface area contributed by atoms with Crippen LogP contribution in [0.3, 0.4) is 0 Å². The molecule has 0 unspecified atom stereocenters. The summed E-state index contributed by atoms with van der Waals surface area (Å²) in [5.74, 6) is -6.84. The average Bonchev–Trinajstić information content (AvgIpc) is 2.25. The highest BCUT2D eigenvalue weighted by Gasteiger charge is 2.39. The monoisotopic (exact) mass is 252 g/mol. The molecule has 0 atom stereocenters. The van der Waals surface area contributed by atoms with Gasteiger partial charge in [0.05, 0.1) is 5.56 Å². The Morgan fingerprint density at radius 2 is 1.53 bits per heavy atom. The number of allylic oxidation sites excluding steroid dienone is 1. The molecular formula is C10H5F5O2. The first-order chi connectivity index (χ1) is 7.75. The van der Waals surface area contributed by atoms with E-state index in [-0.39, 0.29) is 0 Å². The van der Waals surface area contributed by atoms with E-state index in [2.05, 4.69) is 0 Å². The Labute approximate surface area is 92.0 Å². The van der Waals surface area contributed by atoms with Crippen LogP contribution in [0.25, 0.3) is 5.83 Å². The SMILES string of the molecule is O=C(O)c1ccccc1/C(F)=C(/F)C(F)(F)F. The van der Waals surface area contributed by atoms with E-state index in [0.29, 0.717) is 0 Å². The van der Waals surface area contributed by atoms with E-state index >= 15 is 0 Å². The van der Waals surface area contributed by atoms with Gasteiger partial charge in [0.15, 0.2) is 5.83 Å². The molecule has 0 spiro atoms. The molecule has 0 aliphatic rings. The topological polar surface area (TPSA) is 37.3 Å². The van der Waals surface area contributed by atoms with E-state index < -0.39 is 34.9 Å². The molecule has 0 fully saturated rings. The summed E-state index contributed by atoms with van der Waals surface area (Å²) >= 11 is 0. The highest BCUT2D eigenvalue weighted by Crippen LogP contribution is 2.35. The van der Waals surface area contributed by atoms with Gasteiger partial charge in [0, 0.05) is 5.56 Å². The van der Waals surface area contributed by atoms with Gasteiger partial charge in [-0.2, -0.15) is 17.6 Å². The maximum Gasteiger partial charge on any atom is 0.445 e. The number of hydrogen-bond acceptors (Lipinski definition) is 1. The van der Waals surface area contributed by atoms with Gasteiger partial charge < -0.3 is 5.11 Å². The molecule has 7 heteroatoms. The van der Waals surface area contributed by atoms with Crippen LogP contribution in [0.1, 0.15) is 15.9 Å². The van der Waals surface area contributed by atoms with E-state index in [1.54, 1.807) is 0 Å². The third kappa shape index (κ3) is 2.80. The summed E-state index contributed by atoms with van der Waals surface area (Å²) < 4.78 is 61.5. The minimum absolute atomic E-state index is 0.746. The first kappa shape index (κ1) is 13.1. The molecule has 0 amide bonds. The molecule has 1 rings (SSSR count). The molecule has 0 aliphatic carbocycles. The number of carboxylic acids is 1. The lowest BCUT2D eigenvalue weighted by molar-refractivity contribution is -0.108. The largest absolute Gasteiger partial charge is 0.478 e. The Hall–Kier alpha value is -1.92. The zero-order chi connectivity index (χ0) is 13.2. The smallest absolute Gasteiger partial charge is 0.445 e. The van der Waals surface area contributed by atoms with Crippen molar-refractivity contribution < 1.29 is 31.9 Å². The number of benzene rings is 1. The summed E-state index contributed by atoms with van der Waals surface area (Å²) in [7, 11) is 0. The molecule has 1 aromatic rings. The Morgan fingerprint density at radius 3 is 1.94 bits per heavy atom. The van der Waals surface area contributed by atoms with Gasteiger partial charge in [-0.1, -0.05) is 18.2 Å². The van der Waals surface area contributed by atoms with E-state index in [1.165, 1.54) is 6.07 Å². The number of aromatic carboxylic acids is 1. The first-order valence-corrected chi connectivity index (χ1v) is 4.20. The van der Waals surface area contributed by atoms with Crippen molar-refractivity contribution in [3.8, 4) is 0 Å². The average molecular weight is 252 g/mol. The number of carbonyl (C=O) groups is 1. The molecule has 0 radical (unpaired) electrons. The number of alkyl halides is 3. The second kappa shape index (κ2) is 4.52. The molecule has 0 saturated heterocycles.